The molecule has 0 aliphatic carbocycles. The van der Waals surface area contributed by atoms with Gasteiger partial charge in [0.15, 0.2) is 5.76 Å². The maximum atomic E-state index is 6.08. The number of nitrogens with one attached hydrogen (secondary N) is 1. The van der Waals surface area contributed by atoms with Gasteiger partial charge < -0.3 is 9.84 Å². The lowest BCUT2D eigenvalue weighted by atomic mass is 10.3. The molecule has 0 spiro atoms. The van der Waals surface area contributed by atoms with Crippen molar-refractivity contribution in [3.8, 4) is 0 Å². The Kier molecular flexibility index (Phi) is 3.49. The molecule has 0 aromatic carbocycles. The summed E-state index contributed by atoms with van der Waals surface area (Å²) in [5, 5.41) is 12.0. The predicted octanol–water partition coefficient (Wildman–Crippen LogP) is 1.91. The Balaban J connectivity index is 2.16. The lowest BCUT2D eigenvalue weighted by molar-refractivity contribution is 0.364. The Bertz CT molecular complexity index is 518. The third-order valence-corrected chi connectivity index (χ3v) is 3.11. The zero-order chi connectivity index (χ0) is 12.4. The van der Waals surface area contributed by atoms with Crippen LogP contribution in [0.1, 0.15) is 22.8 Å². The minimum atomic E-state index is 0.552. The minimum Gasteiger partial charge on any atom is -0.359 e. The van der Waals surface area contributed by atoms with Gasteiger partial charge in [-0.3, -0.25) is 4.68 Å². The van der Waals surface area contributed by atoms with Gasteiger partial charge in [-0.15, -0.1) is 0 Å². The average Bonchev–Trinajstić information content (AvgIpc) is 2.82. The molecule has 17 heavy (non-hydrogen) atoms. The monoisotopic (exact) mass is 254 g/mol. The zero-order valence-electron chi connectivity index (χ0n) is 10.1. The highest BCUT2D eigenvalue weighted by Gasteiger charge is 2.11. The van der Waals surface area contributed by atoms with E-state index in [1.54, 1.807) is 0 Å². The predicted molar refractivity (Wildman–Crippen MR) is 65.1 cm³/mol. The Labute approximate surface area is 105 Å². The molecule has 0 fully saturated rings. The summed E-state index contributed by atoms with van der Waals surface area (Å²) in [7, 11) is 1.87. The second-order valence-electron chi connectivity index (χ2n) is 3.96. The summed E-state index contributed by atoms with van der Waals surface area (Å²) in [5.41, 5.74) is 2.66. The van der Waals surface area contributed by atoms with Crippen molar-refractivity contribution in [2.45, 2.75) is 26.9 Å². The SMILES string of the molecule is CNCc1cc(Cn2nc(C)c(Cl)c2C)on1. The van der Waals surface area contributed by atoms with E-state index in [-0.39, 0.29) is 0 Å². The van der Waals surface area contributed by atoms with Crippen molar-refractivity contribution >= 4 is 11.6 Å². The van der Waals surface area contributed by atoms with E-state index in [4.69, 9.17) is 16.1 Å². The van der Waals surface area contributed by atoms with Gasteiger partial charge in [-0.1, -0.05) is 16.8 Å². The molecule has 2 rings (SSSR count). The second-order valence-corrected chi connectivity index (χ2v) is 4.34. The van der Waals surface area contributed by atoms with Crippen LogP contribution in [0.25, 0.3) is 0 Å². The van der Waals surface area contributed by atoms with Crippen LogP contribution in [0.5, 0.6) is 0 Å². The van der Waals surface area contributed by atoms with Crippen LogP contribution in [0.2, 0.25) is 5.02 Å². The number of halogens is 1. The Morgan fingerprint density at radius 2 is 2.24 bits per heavy atom. The summed E-state index contributed by atoms with van der Waals surface area (Å²) in [5.74, 6) is 0.775. The van der Waals surface area contributed by atoms with Crippen LogP contribution in [0.4, 0.5) is 0 Å². The molecule has 0 aliphatic rings. The summed E-state index contributed by atoms with van der Waals surface area (Å²) < 4.78 is 7.05. The Hall–Kier alpha value is -1.33. The molecule has 6 heteroatoms. The van der Waals surface area contributed by atoms with Crippen LogP contribution < -0.4 is 5.32 Å². The van der Waals surface area contributed by atoms with E-state index >= 15 is 0 Å². The molecule has 2 aromatic rings. The topological polar surface area (TPSA) is 55.9 Å². The van der Waals surface area contributed by atoms with Gasteiger partial charge in [0.25, 0.3) is 0 Å². The molecule has 0 saturated carbocycles. The highest BCUT2D eigenvalue weighted by Crippen LogP contribution is 2.19. The van der Waals surface area contributed by atoms with E-state index in [2.05, 4.69) is 15.6 Å². The zero-order valence-corrected chi connectivity index (χ0v) is 10.9. The first-order chi connectivity index (χ1) is 8.11. The van der Waals surface area contributed by atoms with Gasteiger partial charge >= 0.3 is 0 Å². The van der Waals surface area contributed by atoms with Gasteiger partial charge in [0.1, 0.15) is 6.54 Å². The summed E-state index contributed by atoms with van der Waals surface area (Å²) in [4.78, 5) is 0. The number of nitrogens with zero attached hydrogens (tertiary/aromatic N) is 3. The van der Waals surface area contributed by atoms with Crippen molar-refractivity contribution < 1.29 is 4.52 Å². The van der Waals surface area contributed by atoms with Crippen LogP contribution in [-0.2, 0) is 13.1 Å². The van der Waals surface area contributed by atoms with Crippen molar-refractivity contribution in [2.75, 3.05) is 7.05 Å². The standard InChI is InChI=1S/C11H15ClN4O/c1-7-11(12)8(2)16(14-7)6-10-4-9(5-13-3)15-17-10/h4,13H,5-6H2,1-3H3. The molecule has 0 atom stereocenters. The van der Waals surface area contributed by atoms with Crippen LogP contribution >= 0.6 is 11.6 Å². The molecule has 2 heterocycles. The maximum Gasteiger partial charge on any atom is 0.158 e. The van der Waals surface area contributed by atoms with Crippen molar-refractivity contribution in [3.63, 3.8) is 0 Å². The molecule has 0 unspecified atom stereocenters. The Morgan fingerprint density at radius 3 is 2.82 bits per heavy atom. The first-order valence-corrected chi connectivity index (χ1v) is 5.78. The van der Waals surface area contributed by atoms with Crippen LogP contribution in [0.15, 0.2) is 10.6 Å². The molecular formula is C11H15ClN4O. The maximum absolute atomic E-state index is 6.08. The fourth-order valence-electron chi connectivity index (χ4n) is 1.67. The molecule has 92 valence electrons. The molecule has 5 nitrogen and oxygen atoms in total. The van der Waals surface area contributed by atoms with Gasteiger partial charge in [-0.05, 0) is 20.9 Å². The van der Waals surface area contributed by atoms with E-state index in [0.29, 0.717) is 18.1 Å². The van der Waals surface area contributed by atoms with Gasteiger partial charge in [-0.25, -0.2) is 0 Å². The van der Waals surface area contributed by atoms with Crippen molar-refractivity contribution in [1.29, 1.82) is 0 Å². The lowest BCUT2D eigenvalue weighted by Gasteiger charge is -1.99. The quantitative estimate of drug-likeness (QED) is 0.906. The smallest absolute Gasteiger partial charge is 0.158 e. The minimum absolute atomic E-state index is 0.552. The fraction of sp³-hybridized carbons (Fsp3) is 0.455. The number of hydrogen-bond donors (Lipinski definition) is 1. The molecule has 2 aromatic heterocycles. The van der Waals surface area contributed by atoms with Crippen LogP contribution in [0, 0.1) is 13.8 Å². The van der Waals surface area contributed by atoms with E-state index in [9.17, 15) is 0 Å². The van der Waals surface area contributed by atoms with Gasteiger partial charge in [-0.2, -0.15) is 5.10 Å². The van der Waals surface area contributed by atoms with Crippen molar-refractivity contribution in [2.24, 2.45) is 0 Å². The summed E-state index contributed by atoms with van der Waals surface area (Å²) >= 11 is 6.08. The van der Waals surface area contributed by atoms with Crippen molar-refractivity contribution in [3.05, 3.63) is 33.9 Å². The third-order valence-electron chi connectivity index (χ3n) is 2.56. The number of rotatable bonds is 4. The first kappa shape index (κ1) is 12.1. The van der Waals surface area contributed by atoms with Crippen LogP contribution in [0.3, 0.4) is 0 Å². The fourth-order valence-corrected chi connectivity index (χ4v) is 1.81. The first-order valence-electron chi connectivity index (χ1n) is 5.40. The molecule has 0 radical (unpaired) electrons. The van der Waals surface area contributed by atoms with Crippen molar-refractivity contribution in [1.82, 2.24) is 20.3 Å². The van der Waals surface area contributed by atoms with E-state index < -0.39 is 0 Å². The third kappa shape index (κ3) is 2.50. The normalized spacial score (nSPS) is 11.1. The summed E-state index contributed by atoms with van der Waals surface area (Å²) in [6, 6.07) is 1.92. The van der Waals surface area contributed by atoms with Crippen LogP contribution in [-0.4, -0.2) is 22.0 Å². The Morgan fingerprint density at radius 1 is 1.47 bits per heavy atom. The molecular weight excluding hydrogens is 240 g/mol. The van der Waals surface area contributed by atoms with E-state index in [1.807, 2.05) is 31.6 Å². The molecule has 0 saturated heterocycles. The van der Waals surface area contributed by atoms with E-state index in [1.165, 1.54) is 0 Å². The van der Waals surface area contributed by atoms with Gasteiger partial charge in [0.2, 0.25) is 0 Å². The molecule has 0 aliphatic heterocycles. The second kappa shape index (κ2) is 4.89. The number of hydrogen-bond acceptors (Lipinski definition) is 4. The van der Waals surface area contributed by atoms with Gasteiger partial charge in [0.05, 0.1) is 22.1 Å². The number of aromatic nitrogens is 3. The van der Waals surface area contributed by atoms with Gasteiger partial charge in [0, 0.05) is 12.6 Å². The highest BCUT2D eigenvalue weighted by molar-refractivity contribution is 6.31. The lowest BCUT2D eigenvalue weighted by Crippen LogP contribution is -2.05. The molecule has 0 amide bonds. The summed E-state index contributed by atoms with van der Waals surface area (Å²) in [6.45, 7) is 5.07. The van der Waals surface area contributed by atoms with E-state index in [0.717, 1.165) is 22.8 Å². The highest BCUT2D eigenvalue weighted by atomic mass is 35.5. The largest absolute Gasteiger partial charge is 0.359 e. The number of aryl methyl sites for hydroxylation is 1. The summed E-state index contributed by atoms with van der Waals surface area (Å²) in [6.07, 6.45) is 0. The molecule has 0 bridgehead atoms. The molecule has 1 N–H and O–H groups in total. The average molecular weight is 255 g/mol.